The van der Waals surface area contributed by atoms with Gasteiger partial charge in [0.1, 0.15) is 5.60 Å². The fraction of sp³-hybridized carbons (Fsp3) is 0.824. The Morgan fingerprint density at radius 2 is 0.865 bits per heavy atom. The summed E-state index contributed by atoms with van der Waals surface area (Å²) >= 11 is 0. The zero-order valence-electron chi connectivity index (χ0n) is 25.0. The summed E-state index contributed by atoms with van der Waals surface area (Å²) in [5.74, 6) is 0.255. The molecular formula is C34H62O3. The first-order chi connectivity index (χ1) is 18.1. The van der Waals surface area contributed by atoms with E-state index in [1.54, 1.807) is 6.07 Å². The lowest BCUT2D eigenvalue weighted by molar-refractivity contribution is 0.0305. The molecule has 0 aliphatic rings. The van der Waals surface area contributed by atoms with Crippen molar-refractivity contribution in [1.29, 1.82) is 0 Å². The first kappa shape index (κ1) is 33.6. The molecule has 0 atom stereocenters. The van der Waals surface area contributed by atoms with Crippen molar-refractivity contribution in [3.63, 3.8) is 0 Å². The second-order valence-electron chi connectivity index (χ2n) is 11.5. The molecule has 216 valence electrons. The van der Waals surface area contributed by atoms with E-state index >= 15 is 0 Å². The summed E-state index contributed by atoms with van der Waals surface area (Å²) in [7, 11) is 0. The van der Waals surface area contributed by atoms with Gasteiger partial charge in [0.2, 0.25) is 5.75 Å². The number of phenols is 2. The molecule has 0 saturated carbocycles. The smallest absolute Gasteiger partial charge is 0.200 e. The van der Waals surface area contributed by atoms with Crippen LogP contribution in [-0.4, -0.2) is 15.8 Å². The van der Waals surface area contributed by atoms with Crippen molar-refractivity contribution in [2.75, 3.05) is 0 Å². The second-order valence-corrected chi connectivity index (χ2v) is 11.5. The normalized spacial score (nSPS) is 11.8. The van der Waals surface area contributed by atoms with Gasteiger partial charge in [-0.3, -0.25) is 0 Å². The van der Waals surface area contributed by atoms with Crippen molar-refractivity contribution in [3.8, 4) is 17.2 Å². The third kappa shape index (κ3) is 16.2. The molecule has 3 nitrogen and oxygen atoms in total. The van der Waals surface area contributed by atoms with Crippen LogP contribution in [0.25, 0.3) is 0 Å². The maximum atomic E-state index is 10.6. The number of ether oxygens (including phenoxy) is 1. The summed E-state index contributed by atoms with van der Waals surface area (Å²) in [6.07, 6.45) is 30.4. The van der Waals surface area contributed by atoms with Crippen LogP contribution in [0.5, 0.6) is 17.2 Å². The van der Waals surface area contributed by atoms with Crippen LogP contribution in [0.1, 0.15) is 175 Å². The van der Waals surface area contributed by atoms with Gasteiger partial charge in [-0.2, -0.15) is 0 Å². The highest BCUT2D eigenvalue weighted by Gasteiger charge is 2.32. The highest BCUT2D eigenvalue weighted by Crippen LogP contribution is 2.41. The standard InChI is InChI=1S/C34H62O3/c1-4-7-10-13-15-17-20-23-29-34(28-22-19-12-9-6-3,30-24-21-18-16-14-11-8-5-2)37-32-27-25-26-31(35)33(32)36/h25-27,35-36H,4-24,28-30H2,1-3H3. The maximum absolute atomic E-state index is 10.6. The molecule has 3 heteroatoms. The zero-order valence-corrected chi connectivity index (χ0v) is 25.0. The van der Waals surface area contributed by atoms with Gasteiger partial charge >= 0.3 is 0 Å². The van der Waals surface area contributed by atoms with Gasteiger partial charge in [0.25, 0.3) is 0 Å². The van der Waals surface area contributed by atoms with Crippen molar-refractivity contribution in [1.82, 2.24) is 0 Å². The fourth-order valence-corrected chi connectivity index (χ4v) is 5.57. The summed E-state index contributed by atoms with van der Waals surface area (Å²) < 4.78 is 6.73. The molecule has 0 aliphatic carbocycles. The minimum atomic E-state index is -0.248. The zero-order chi connectivity index (χ0) is 27.0. The lowest BCUT2D eigenvalue weighted by atomic mass is 9.84. The molecule has 1 aromatic rings. The molecule has 0 amide bonds. The molecule has 0 unspecified atom stereocenters. The molecule has 0 aromatic heterocycles. The van der Waals surface area contributed by atoms with Crippen LogP contribution in [0.15, 0.2) is 18.2 Å². The summed E-state index contributed by atoms with van der Waals surface area (Å²) in [5.41, 5.74) is -0.248. The third-order valence-corrected chi connectivity index (χ3v) is 8.01. The van der Waals surface area contributed by atoms with Crippen LogP contribution in [0.4, 0.5) is 0 Å². The average Bonchev–Trinajstić information content (AvgIpc) is 2.90. The largest absolute Gasteiger partial charge is 0.504 e. The van der Waals surface area contributed by atoms with Crippen molar-refractivity contribution in [2.24, 2.45) is 0 Å². The summed E-state index contributed by atoms with van der Waals surface area (Å²) in [6, 6.07) is 5.14. The molecular weight excluding hydrogens is 456 g/mol. The Balaban J connectivity index is 2.79. The highest BCUT2D eigenvalue weighted by atomic mass is 16.5. The Hall–Kier alpha value is -1.38. The Bertz CT molecular complexity index is 622. The third-order valence-electron chi connectivity index (χ3n) is 8.01. The molecule has 0 heterocycles. The maximum Gasteiger partial charge on any atom is 0.200 e. The van der Waals surface area contributed by atoms with Crippen LogP contribution in [0, 0.1) is 0 Å². The van der Waals surface area contributed by atoms with E-state index in [4.69, 9.17) is 4.74 Å². The van der Waals surface area contributed by atoms with E-state index in [0.717, 1.165) is 19.3 Å². The van der Waals surface area contributed by atoms with Gasteiger partial charge < -0.3 is 14.9 Å². The second kappa shape index (κ2) is 22.6. The van der Waals surface area contributed by atoms with Gasteiger partial charge in [0.05, 0.1) is 0 Å². The number of para-hydroxylation sites is 1. The number of benzene rings is 1. The minimum Gasteiger partial charge on any atom is -0.504 e. The lowest BCUT2D eigenvalue weighted by Crippen LogP contribution is -2.36. The van der Waals surface area contributed by atoms with Crippen molar-refractivity contribution >= 4 is 0 Å². The molecule has 0 spiro atoms. The van der Waals surface area contributed by atoms with E-state index in [1.165, 1.54) is 141 Å². The van der Waals surface area contributed by atoms with Crippen molar-refractivity contribution in [2.45, 2.75) is 180 Å². The quantitative estimate of drug-likeness (QED) is 0.0946. The molecule has 0 radical (unpaired) electrons. The predicted molar refractivity (Wildman–Crippen MR) is 161 cm³/mol. The molecule has 37 heavy (non-hydrogen) atoms. The van der Waals surface area contributed by atoms with Crippen molar-refractivity contribution < 1.29 is 14.9 Å². The first-order valence-corrected chi connectivity index (χ1v) is 16.3. The first-order valence-electron chi connectivity index (χ1n) is 16.3. The monoisotopic (exact) mass is 518 g/mol. The Morgan fingerprint density at radius 3 is 1.24 bits per heavy atom. The van der Waals surface area contributed by atoms with E-state index in [0.29, 0.717) is 5.75 Å². The number of hydrogen-bond donors (Lipinski definition) is 2. The molecule has 0 saturated heterocycles. The van der Waals surface area contributed by atoms with E-state index in [-0.39, 0.29) is 17.1 Å². The number of phenolic OH excluding ortho intramolecular Hbond substituents is 2. The molecule has 1 aromatic carbocycles. The molecule has 2 N–H and O–H groups in total. The Morgan fingerprint density at radius 1 is 0.514 bits per heavy atom. The number of rotatable bonds is 26. The van der Waals surface area contributed by atoms with Crippen LogP contribution in [0.2, 0.25) is 0 Å². The average molecular weight is 519 g/mol. The fourth-order valence-electron chi connectivity index (χ4n) is 5.57. The topological polar surface area (TPSA) is 49.7 Å². The molecule has 0 fully saturated rings. The highest BCUT2D eigenvalue weighted by molar-refractivity contribution is 5.49. The number of unbranched alkanes of at least 4 members (excludes halogenated alkanes) is 18. The summed E-state index contributed by atoms with van der Waals surface area (Å²) in [5, 5.41) is 20.7. The summed E-state index contributed by atoms with van der Waals surface area (Å²) in [4.78, 5) is 0. The minimum absolute atomic E-state index is 0.0893. The Labute approximate surface area is 230 Å². The predicted octanol–water partition coefficient (Wildman–Crippen LogP) is 11.6. The number of aromatic hydroxyl groups is 2. The number of hydrogen-bond acceptors (Lipinski definition) is 3. The van der Waals surface area contributed by atoms with Crippen LogP contribution < -0.4 is 4.74 Å². The summed E-state index contributed by atoms with van der Waals surface area (Å²) in [6.45, 7) is 6.82. The van der Waals surface area contributed by atoms with E-state index in [1.807, 2.05) is 6.07 Å². The lowest BCUT2D eigenvalue weighted by Gasteiger charge is -2.36. The molecule has 0 bridgehead atoms. The van der Waals surface area contributed by atoms with E-state index in [2.05, 4.69) is 20.8 Å². The van der Waals surface area contributed by atoms with Crippen molar-refractivity contribution in [3.05, 3.63) is 18.2 Å². The van der Waals surface area contributed by atoms with Gasteiger partial charge in [0, 0.05) is 0 Å². The van der Waals surface area contributed by atoms with E-state index < -0.39 is 0 Å². The van der Waals surface area contributed by atoms with E-state index in [9.17, 15) is 10.2 Å². The van der Waals surface area contributed by atoms with Crippen LogP contribution in [0.3, 0.4) is 0 Å². The van der Waals surface area contributed by atoms with Gasteiger partial charge in [0.15, 0.2) is 11.5 Å². The molecule has 1 rings (SSSR count). The van der Waals surface area contributed by atoms with Gasteiger partial charge in [-0.05, 0) is 50.7 Å². The van der Waals surface area contributed by atoms with Gasteiger partial charge in [-0.15, -0.1) is 0 Å². The molecule has 0 aliphatic heterocycles. The Kier molecular flexibility index (Phi) is 20.5. The van der Waals surface area contributed by atoms with Gasteiger partial charge in [-0.1, -0.05) is 142 Å². The SMILES string of the molecule is CCCCCCCCCCC(CCCCCCC)(CCCCCCCCCC)Oc1cccc(O)c1O. The van der Waals surface area contributed by atoms with Crippen LogP contribution >= 0.6 is 0 Å². The van der Waals surface area contributed by atoms with Gasteiger partial charge in [-0.25, -0.2) is 0 Å². The van der Waals surface area contributed by atoms with Crippen LogP contribution in [-0.2, 0) is 0 Å².